The summed E-state index contributed by atoms with van der Waals surface area (Å²) in [6, 6.07) is 0. The highest BCUT2D eigenvalue weighted by Gasteiger charge is 2.19. The zero-order chi connectivity index (χ0) is 51.4. The fourth-order valence-corrected chi connectivity index (χ4v) is 7.06. The SMILES string of the molecule is CC/C=C\C/C=C\C/C=C\C/C=C\C/C=C\CCCC(=O)OC[C@H](COC(=O)CCC/C=C\C/C=C\C/C=C\CCCCCCCC)OC(=O)CCCCC/C=C\C/C=C\C/C=C\C/C=C\CCCCC. The van der Waals surface area contributed by atoms with Gasteiger partial charge < -0.3 is 14.2 Å². The summed E-state index contributed by atoms with van der Waals surface area (Å²) in [7, 11) is 0. The molecule has 0 aliphatic carbocycles. The Hall–Kier alpha value is -4.71. The van der Waals surface area contributed by atoms with Crippen LogP contribution in [-0.4, -0.2) is 37.2 Å². The molecule has 0 aromatic carbocycles. The third-order valence-corrected chi connectivity index (χ3v) is 11.3. The van der Waals surface area contributed by atoms with Gasteiger partial charge in [-0.2, -0.15) is 0 Å². The predicted octanol–water partition coefficient (Wildman–Crippen LogP) is 19.2. The number of hydrogen-bond acceptors (Lipinski definition) is 6. The molecule has 71 heavy (non-hydrogen) atoms. The van der Waals surface area contributed by atoms with E-state index in [1.807, 2.05) is 0 Å². The van der Waals surface area contributed by atoms with Gasteiger partial charge in [0.15, 0.2) is 6.10 Å². The van der Waals surface area contributed by atoms with E-state index in [1.165, 1.54) is 70.6 Å². The van der Waals surface area contributed by atoms with Gasteiger partial charge in [-0.1, -0.05) is 218 Å². The van der Waals surface area contributed by atoms with Gasteiger partial charge in [0, 0.05) is 19.3 Å². The number of ether oxygens (including phenoxy) is 3. The van der Waals surface area contributed by atoms with Crippen LogP contribution < -0.4 is 0 Å². The number of allylic oxidation sites excluding steroid dienone is 24. The third-order valence-electron chi connectivity index (χ3n) is 11.3. The van der Waals surface area contributed by atoms with E-state index in [1.54, 1.807) is 0 Å². The van der Waals surface area contributed by atoms with E-state index in [4.69, 9.17) is 14.2 Å². The molecule has 0 aliphatic heterocycles. The minimum atomic E-state index is -0.845. The first kappa shape index (κ1) is 66.3. The average molecular weight is 980 g/mol. The van der Waals surface area contributed by atoms with Gasteiger partial charge in [-0.25, -0.2) is 0 Å². The summed E-state index contributed by atoms with van der Waals surface area (Å²) in [5.41, 5.74) is 0. The van der Waals surface area contributed by atoms with Gasteiger partial charge in [-0.15, -0.1) is 0 Å². The van der Waals surface area contributed by atoms with Crippen molar-refractivity contribution in [2.24, 2.45) is 0 Å². The van der Waals surface area contributed by atoms with Crippen LogP contribution in [0, 0.1) is 0 Å². The smallest absolute Gasteiger partial charge is 0.306 e. The summed E-state index contributed by atoms with van der Waals surface area (Å²) in [6.45, 7) is 6.35. The minimum Gasteiger partial charge on any atom is -0.462 e. The van der Waals surface area contributed by atoms with Gasteiger partial charge in [0.2, 0.25) is 0 Å². The second-order valence-corrected chi connectivity index (χ2v) is 18.1. The van der Waals surface area contributed by atoms with Crippen LogP contribution in [0.4, 0.5) is 0 Å². The van der Waals surface area contributed by atoms with Crippen molar-refractivity contribution >= 4 is 17.9 Å². The monoisotopic (exact) mass is 979 g/mol. The van der Waals surface area contributed by atoms with Gasteiger partial charge in [0.1, 0.15) is 13.2 Å². The second-order valence-electron chi connectivity index (χ2n) is 18.1. The molecule has 6 nitrogen and oxygen atoms in total. The van der Waals surface area contributed by atoms with Gasteiger partial charge >= 0.3 is 17.9 Å². The first-order valence-corrected chi connectivity index (χ1v) is 28.3. The molecule has 0 bridgehead atoms. The Labute approximate surface area is 436 Å². The number of esters is 3. The summed E-state index contributed by atoms with van der Waals surface area (Å²) >= 11 is 0. The van der Waals surface area contributed by atoms with Crippen molar-refractivity contribution in [2.45, 2.75) is 232 Å². The van der Waals surface area contributed by atoms with E-state index in [9.17, 15) is 14.4 Å². The highest BCUT2D eigenvalue weighted by atomic mass is 16.6. The minimum absolute atomic E-state index is 0.141. The molecule has 0 radical (unpaired) electrons. The Morgan fingerprint density at radius 2 is 0.563 bits per heavy atom. The number of carbonyl (C=O) groups excluding carboxylic acids is 3. The van der Waals surface area contributed by atoms with Crippen molar-refractivity contribution in [3.05, 3.63) is 146 Å². The number of rotatable bonds is 49. The molecule has 0 fully saturated rings. The van der Waals surface area contributed by atoms with Crippen molar-refractivity contribution in [1.82, 2.24) is 0 Å². The quantitative estimate of drug-likeness (QED) is 0.0262. The number of carbonyl (C=O) groups is 3. The maximum atomic E-state index is 12.8. The zero-order valence-electron chi connectivity index (χ0n) is 45.4. The molecule has 0 unspecified atom stereocenters. The molecule has 0 aliphatic rings. The summed E-state index contributed by atoms with van der Waals surface area (Å²) < 4.78 is 16.7. The zero-order valence-corrected chi connectivity index (χ0v) is 45.4. The normalized spacial score (nSPS) is 13.2. The lowest BCUT2D eigenvalue weighted by atomic mass is 10.1. The molecule has 0 rings (SSSR count). The van der Waals surface area contributed by atoms with Crippen LogP contribution in [0.2, 0.25) is 0 Å². The van der Waals surface area contributed by atoms with Crippen LogP contribution in [-0.2, 0) is 28.6 Å². The van der Waals surface area contributed by atoms with E-state index < -0.39 is 6.10 Å². The molecule has 0 amide bonds. The molecule has 6 heteroatoms. The fourth-order valence-electron chi connectivity index (χ4n) is 7.06. The first-order valence-electron chi connectivity index (χ1n) is 28.3. The Kier molecular flexibility index (Phi) is 54.0. The third kappa shape index (κ3) is 56.1. The van der Waals surface area contributed by atoms with Gasteiger partial charge in [0.25, 0.3) is 0 Å². The first-order chi connectivity index (χ1) is 35.0. The average Bonchev–Trinajstić information content (AvgIpc) is 3.37. The molecular formula is C65H102O6. The summed E-state index contributed by atoms with van der Waals surface area (Å²) in [5, 5.41) is 0. The highest BCUT2D eigenvalue weighted by Crippen LogP contribution is 2.11. The van der Waals surface area contributed by atoms with Gasteiger partial charge in [-0.05, 0) is 135 Å². The van der Waals surface area contributed by atoms with Crippen molar-refractivity contribution < 1.29 is 28.6 Å². The molecule has 0 aromatic heterocycles. The molecule has 0 saturated carbocycles. The lowest BCUT2D eigenvalue weighted by Crippen LogP contribution is -2.30. The summed E-state index contributed by atoms with van der Waals surface area (Å²) in [5.74, 6) is -1.09. The Morgan fingerprint density at radius 3 is 0.930 bits per heavy atom. The van der Waals surface area contributed by atoms with Crippen molar-refractivity contribution in [3.63, 3.8) is 0 Å². The molecule has 0 spiro atoms. The molecule has 1 atom stereocenters. The largest absolute Gasteiger partial charge is 0.462 e. The van der Waals surface area contributed by atoms with E-state index in [2.05, 4.69) is 167 Å². The fraction of sp³-hybridized carbons (Fsp3) is 0.585. The predicted molar refractivity (Wildman–Crippen MR) is 306 cm³/mol. The molecular weight excluding hydrogens is 877 g/mol. The Bertz CT molecular complexity index is 1590. The van der Waals surface area contributed by atoms with E-state index in [-0.39, 0.29) is 50.4 Å². The summed E-state index contributed by atoms with van der Waals surface area (Å²) in [6.07, 6.45) is 82.7. The Morgan fingerprint density at radius 1 is 0.296 bits per heavy atom. The summed E-state index contributed by atoms with van der Waals surface area (Å²) in [4.78, 5) is 38.1. The second kappa shape index (κ2) is 57.9. The lowest BCUT2D eigenvalue weighted by Gasteiger charge is -2.18. The van der Waals surface area contributed by atoms with Crippen LogP contribution in [0.25, 0.3) is 0 Å². The highest BCUT2D eigenvalue weighted by molar-refractivity contribution is 5.71. The topological polar surface area (TPSA) is 78.9 Å². The van der Waals surface area contributed by atoms with Crippen LogP contribution in [0.1, 0.15) is 226 Å². The molecule has 0 heterocycles. The maximum absolute atomic E-state index is 12.8. The standard InChI is InChI=1S/C65H102O6/c1-4-7-10-13-16-19-22-25-28-31-32-35-38-41-44-47-50-53-56-59-65(68)71-62(60-69-63(66)57-54-51-48-45-42-39-36-33-29-26-23-20-17-14-11-8-5-2)61-70-64(67)58-55-52-49-46-43-40-37-34-30-27-24-21-18-15-12-9-6-3/h8,11,16-17,19-20,25-30,32,35-37,39-41,44-46,48-49,62H,4-7,9-10,12-15,18,21-24,31,33-34,38,42-43,47,50-61H2,1-3H3/b11-8-,19-16-,20-17-,28-25-,29-26-,30-27-,35-32-,39-36-,40-37-,44-41-,48-45-,49-46-/t62-/m1/s1. The van der Waals surface area contributed by atoms with Gasteiger partial charge in [-0.3, -0.25) is 14.4 Å². The van der Waals surface area contributed by atoms with Crippen molar-refractivity contribution in [3.8, 4) is 0 Å². The Balaban J connectivity index is 4.64. The van der Waals surface area contributed by atoms with Crippen LogP contribution in [0.3, 0.4) is 0 Å². The van der Waals surface area contributed by atoms with E-state index >= 15 is 0 Å². The molecule has 0 N–H and O–H groups in total. The molecule has 0 saturated heterocycles. The maximum Gasteiger partial charge on any atom is 0.306 e. The number of unbranched alkanes of at least 4 members (excludes halogenated alkanes) is 14. The van der Waals surface area contributed by atoms with Gasteiger partial charge in [0.05, 0.1) is 0 Å². The van der Waals surface area contributed by atoms with Crippen molar-refractivity contribution in [2.75, 3.05) is 13.2 Å². The molecule has 398 valence electrons. The van der Waals surface area contributed by atoms with Crippen LogP contribution in [0.5, 0.6) is 0 Å². The molecule has 0 aromatic rings. The van der Waals surface area contributed by atoms with Crippen LogP contribution >= 0.6 is 0 Å². The van der Waals surface area contributed by atoms with E-state index in [0.29, 0.717) is 19.3 Å². The van der Waals surface area contributed by atoms with E-state index in [0.717, 1.165) is 96.3 Å². The van der Waals surface area contributed by atoms with Crippen molar-refractivity contribution in [1.29, 1.82) is 0 Å². The lowest BCUT2D eigenvalue weighted by molar-refractivity contribution is -0.167. The van der Waals surface area contributed by atoms with Crippen LogP contribution in [0.15, 0.2) is 146 Å². The number of hydrogen-bond donors (Lipinski definition) is 0.